The molecule has 0 aliphatic heterocycles. The van der Waals surface area contributed by atoms with Gasteiger partial charge in [-0.15, -0.1) is 0 Å². The molecule has 0 saturated carbocycles. The van der Waals surface area contributed by atoms with E-state index in [1.165, 1.54) is 0 Å². The second kappa shape index (κ2) is 8.07. The highest BCUT2D eigenvalue weighted by molar-refractivity contribution is 5.86. The van der Waals surface area contributed by atoms with Crippen molar-refractivity contribution in [2.24, 2.45) is 0 Å². The lowest BCUT2D eigenvalue weighted by atomic mass is 10.0. The average Bonchev–Trinajstić information content (AvgIpc) is 2.78. The molecular weight excluding hydrogens is 364 g/mol. The number of methoxy groups -OCH3 is 2. The minimum atomic E-state index is -0.0672. The maximum Gasteiger partial charge on any atom is 0.200 e. The summed E-state index contributed by atoms with van der Waals surface area (Å²) in [4.78, 5) is 13.2. The highest BCUT2D eigenvalue weighted by Crippen LogP contribution is 2.30. The monoisotopic (exact) mass is 384 g/mol. The van der Waals surface area contributed by atoms with Gasteiger partial charge in [-0.1, -0.05) is 54.6 Å². The van der Waals surface area contributed by atoms with Gasteiger partial charge in [0.2, 0.25) is 5.43 Å². The second-order valence-electron chi connectivity index (χ2n) is 6.48. The minimum absolute atomic E-state index is 0.0672. The molecule has 3 aromatic carbocycles. The predicted octanol–water partition coefficient (Wildman–Crippen LogP) is 5.65. The number of para-hydroxylation sites is 1. The van der Waals surface area contributed by atoms with Crippen LogP contribution in [-0.4, -0.2) is 14.2 Å². The van der Waals surface area contributed by atoms with Crippen molar-refractivity contribution in [3.63, 3.8) is 0 Å². The largest absolute Gasteiger partial charge is 0.493 e. The van der Waals surface area contributed by atoms with Crippen LogP contribution in [0, 0.1) is 0 Å². The Hall–Kier alpha value is -3.79. The molecule has 0 amide bonds. The molecule has 0 fully saturated rings. The second-order valence-corrected chi connectivity index (χ2v) is 6.48. The lowest BCUT2D eigenvalue weighted by Crippen LogP contribution is -2.07. The van der Waals surface area contributed by atoms with Gasteiger partial charge in [0, 0.05) is 5.56 Å². The van der Waals surface area contributed by atoms with Crippen molar-refractivity contribution in [3.05, 3.63) is 94.1 Å². The van der Waals surface area contributed by atoms with Crippen LogP contribution in [0.3, 0.4) is 0 Å². The third-order valence-corrected chi connectivity index (χ3v) is 4.72. The zero-order valence-corrected chi connectivity index (χ0v) is 16.2. The third kappa shape index (κ3) is 3.65. The Morgan fingerprint density at radius 3 is 2.28 bits per heavy atom. The van der Waals surface area contributed by atoms with Crippen molar-refractivity contribution < 1.29 is 13.9 Å². The van der Waals surface area contributed by atoms with E-state index in [1.807, 2.05) is 72.8 Å². The van der Waals surface area contributed by atoms with Gasteiger partial charge in [-0.3, -0.25) is 4.79 Å². The average molecular weight is 384 g/mol. The number of fused-ring (bicyclic) bond motifs is 1. The minimum Gasteiger partial charge on any atom is -0.493 e. The van der Waals surface area contributed by atoms with E-state index in [0.29, 0.717) is 33.8 Å². The number of rotatable bonds is 5. The number of ether oxygens (including phenoxy) is 2. The van der Waals surface area contributed by atoms with Crippen molar-refractivity contribution >= 4 is 23.1 Å². The molecule has 0 unspecified atom stereocenters. The van der Waals surface area contributed by atoms with E-state index in [0.717, 1.165) is 11.1 Å². The smallest absolute Gasteiger partial charge is 0.200 e. The summed E-state index contributed by atoms with van der Waals surface area (Å²) in [5.74, 6) is 1.83. The van der Waals surface area contributed by atoms with Crippen LogP contribution in [0.5, 0.6) is 11.5 Å². The van der Waals surface area contributed by atoms with Crippen LogP contribution in [0.2, 0.25) is 0 Å². The first kappa shape index (κ1) is 18.6. The molecule has 4 heteroatoms. The summed E-state index contributed by atoms with van der Waals surface area (Å²) in [5.41, 5.74) is 2.74. The zero-order valence-electron chi connectivity index (χ0n) is 16.2. The van der Waals surface area contributed by atoms with Gasteiger partial charge in [-0.05, 0) is 35.9 Å². The highest BCUT2D eigenvalue weighted by atomic mass is 16.5. The third-order valence-electron chi connectivity index (χ3n) is 4.72. The number of hydrogen-bond acceptors (Lipinski definition) is 4. The Kier molecular flexibility index (Phi) is 5.16. The van der Waals surface area contributed by atoms with Gasteiger partial charge in [0.15, 0.2) is 11.5 Å². The van der Waals surface area contributed by atoms with Gasteiger partial charge in [0.25, 0.3) is 0 Å². The van der Waals surface area contributed by atoms with Crippen molar-refractivity contribution in [1.82, 2.24) is 0 Å². The van der Waals surface area contributed by atoms with E-state index in [9.17, 15) is 4.79 Å². The molecule has 4 rings (SSSR count). The van der Waals surface area contributed by atoms with Crippen LogP contribution < -0.4 is 14.9 Å². The topological polar surface area (TPSA) is 48.7 Å². The quantitative estimate of drug-likeness (QED) is 0.446. The molecule has 0 spiro atoms. The molecule has 0 N–H and O–H groups in total. The Balaban J connectivity index is 1.87. The Labute approximate surface area is 168 Å². The van der Waals surface area contributed by atoms with E-state index in [-0.39, 0.29) is 5.43 Å². The summed E-state index contributed by atoms with van der Waals surface area (Å²) in [7, 11) is 3.19. The summed E-state index contributed by atoms with van der Waals surface area (Å²) in [6, 6.07) is 22.5. The highest BCUT2D eigenvalue weighted by Gasteiger charge is 2.14. The van der Waals surface area contributed by atoms with Crippen LogP contribution in [0.4, 0.5) is 0 Å². The summed E-state index contributed by atoms with van der Waals surface area (Å²) >= 11 is 0. The predicted molar refractivity (Wildman–Crippen MR) is 116 cm³/mol. The molecule has 1 heterocycles. The fraction of sp³-hybridized carbons (Fsp3) is 0.0800. The van der Waals surface area contributed by atoms with Crippen molar-refractivity contribution in [2.75, 3.05) is 14.2 Å². The van der Waals surface area contributed by atoms with Crippen molar-refractivity contribution in [3.8, 4) is 22.8 Å². The van der Waals surface area contributed by atoms with Crippen LogP contribution in [0.25, 0.3) is 34.4 Å². The summed E-state index contributed by atoms with van der Waals surface area (Å²) in [6.45, 7) is 0. The molecule has 144 valence electrons. The molecule has 29 heavy (non-hydrogen) atoms. The summed E-state index contributed by atoms with van der Waals surface area (Å²) in [5, 5.41) is 0.555. The van der Waals surface area contributed by atoms with E-state index >= 15 is 0 Å². The van der Waals surface area contributed by atoms with Crippen LogP contribution in [0.15, 0.2) is 82.0 Å². The first-order chi connectivity index (χ1) is 14.2. The molecule has 0 atom stereocenters. The molecular formula is C25H20O4. The Morgan fingerprint density at radius 1 is 0.793 bits per heavy atom. The first-order valence-electron chi connectivity index (χ1n) is 9.22. The Bertz CT molecular complexity index is 1240. The number of benzene rings is 3. The van der Waals surface area contributed by atoms with Gasteiger partial charge in [-0.2, -0.15) is 0 Å². The number of hydrogen-bond donors (Lipinski definition) is 0. The normalized spacial score (nSPS) is 11.1. The molecule has 0 aliphatic carbocycles. The van der Waals surface area contributed by atoms with Gasteiger partial charge in [-0.25, -0.2) is 0 Å². The first-order valence-corrected chi connectivity index (χ1v) is 9.22. The van der Waals surface area contributed by atoms with E-state index < -0.39 is 0 Å². The Morgan fingerprint density at radius 2 is 1.52 bits per heavy atom. The van der Waals surface area contributed by atoms with Gasteiger partial charge < -0.3 is 13.9 Å². The van der Waals surface area contributed by atoms with Gasteiger partial charge in [0.1, 0.15) is 11.3 Å². The zero-order chi connectivity index (χ0) is 20.2. The molecule has 1 aromatic heterocycles. The van der Waals surface area contributed by atoms with Crippen LogP contribution in [0.1, 0.15) is 11.1 Å². The fourth-order valence-corrected chi connectivity index (χ4v) is 3.25. The van der Waals surface area contributed by atoms with Crippen LogP contribution in [-0.2, 0) is 0 Å². The molecule has 0 saturated heterocycles. The van der Waals surface area contributed by atoms with Crippen molar-refractivity contribution in [1.29, 1.82) is 0 Å². The molecule has 4 aromatic rings. The molecule has 0 radical (unpaired) electrons. The van der Waals surface area contributed by atoms with Crippen LogP contribution >= 0.6 is 0 Å². The van der Waals surface area contributed by atoms with E-state index in [1.54, 1.807) is 26.4 Å². The van der Waals surface area contributed by atoms with E-state index in [2.05, 4.69) is 0 Å². The lowest BCUT2D eigenvalue weighted by molar-refractivity contribution is 0.355. The SMILES string of the molecule is COc1ccc(/C=C/c2c(-c3ccccc3)oc3ccccc3c2=O)cc1OC. The summed E-state index contributed by atoms with van der Waals surface area (Å²) in [6.07, 6.45) is 3.66. The maximum atomic E-state index is 13.2. The molecule has 0 bridgehead atoms. The fourth-order valence-electron chi connectivity index (χ4n) is 3.25. The molecule has 4 nitrogen and oxygen atoms in total. The maximum absolute atomic E-state index is 13.2. The lowest BCUT2D eigenvalue weighted by Gasteiger charge is -2.09. The van der Waals surface area contributed by atoms with Gasteiger partial charge in [0.05, 0.1) is 25.2 Å². The standard InChI is InChI=1S/C25H20O4/c1-27-22-15-13-17(16-23(22)28-2)12-14-20-24(26)19-10-6-7-11-21(19)29-25(20)18-8-4-3-5-9-18/h3-16H,1-2H3/b14-12+. The van der Waals surface area contributed by atoms with Crippen molar-refractivity contribution in [2.45, 2.75) is 0 Å². The van der Waals surface area contributed by atoms with E-state index in [4.69, 9.17) is 13.9 Å². The van der Waals surface area contributed by atoms with Gasteiger partial charge >= 0.3 is 0 Å². The summed E-state index contributed by atoms with van der Waals surface area (Å²) < 4.78 is 16.8. The molecule has 0 aliphatic rings.